The second-order valence-corrected chi connectivity index (χ2v) is 9.55. The van der Waals surface area contributed by atoms with E-state index in [9.17, 15) is 9.59 Å². The number of nitrogens with zero attached hydrogens (tertiary/aromatic N) is 5. The number of amides is 1. The Balaban J connectivity index is 1.60. The molecule has 4 rings (SSSR count). The lowest BCUT2D eigenvalue weighted by molar-refractivity contribution is -0.113. The Morgan fingerprint density at radius 1 is 1.22 bits per heavy atom. The molecule has 10 heteroatoms. The number of anilines is 1. The van der Waals surface area contributed by atoms with Gasteiger partial charge in [0.25, 0.3) is 5.56 Å². The van der Waals surface area contributed by atoms with Crippen molar-refractivity contribution in [2.45, 2.75) is 57.7 Å². The number of carbonyl (C=O) groups is 1. The zero-order valence-electron chi connectivity index (χ0n) is 18.6. The lowest BCUT2D eigenvalue weighted by atomic mass is 9.92. The van der Waals surface area contributed by atoms with Crippen LogP contribution in [0.25, 0.3) is 16.7 Å². The molecule has 3 aromatic heterocycles. The molecule has 3 heterocycles. The van der Waals surface area contributed by atoms with Crippen molar-refractivity contribution in [3.63, 3.8) is 0 Å². The Hall–Kier alpha value is -3.14. The van der Waals surface area contributed by atoms with Crippen LogP contribution in [0.5, 0.6) is 0 Å². The number of unbranched alkanes of at least 4 members (excludes halogenated alkanes) is 1. The van der Waals surface area contributed by atoms with E-state index in [0.717, 1.165) is 24.1 Å². The van der Waals surface area contributed by atoms with E-state index in [-0.39, 0.29) is 22.6 Å². The van der Waals surface area contributed by atoms with E-state index in [1.807, 2.05) is 43.4 Å². The molecule has 0 fully saturated rings. The van der Waals surface area contributed by atoms with E-state index in [1.165, 1.54) is 11.8 Å². The highest BCUT2D eigenvalue weighted by Crippen LogP contribution is 2.25. The van der Waals surface area contributed by atoms with Crippen LogP contribution in [0, 0.1) is 0 Å². The van der Waals surface area contributed by atoms with Gasteiger partial charge in [-0.2, -0.15) is 0 Å². The molecule has 0 aliphatic carbocycles. The maximum absolute atomic E-state index is 13.0. The Bertz CT molecular complexity index is 1330. The van der Waals surface area contributed by atoms with Gasteiger partial charge in [-0.15, -0.1) is 10.2 Å². The number of hydrogen-bond acceptors (Lipinski definition) is 7. The largest absolute Gasteiger partial charge is 0.338 e. The zero-order chi connectivity index (χ0) is 22.9. The molecule has 0 aliphatic heterocycles. The van der Waals surface area contributed by atoms with Gasteiger partial charge in [0.05, 0.1) is 22.3 Å². The van der Waals surface area contributed by atoms with Gasteiger partial charge in [0.1, 0.15) is 0 Å². The van der Waals surface area contributed by atoms with Gasteiger partial charge in [-0.25, -0.2) is 0 Å². The van der Waals surface area contributed by atoms with Gasteiger partial charge in [-0.3, -0.25) is 23.9 Å². The lowest BCUT2D eigenvalue weighted by Gasteiger charge is -2.12. The van der Waals surface area contributed by atoms with Crippen molar-refractivity contribution in [3.8, 4) is 0 Å². The number of hydrogen-bond donors (Lipinski definition) is 1. The number of aromatic nitrogens is 5. The monoisotopic (exact) mass is 454 g/mol. The molecule has 0 bridgehead atoms. The van der Waals surface area contributed by atoms with Crippen LogP contribution >= 0.6 is 11.8 Å². The third kappa shape index (κ3) is 4.27. The standard InChI is InChI=1S/C22H26N6O3S/c1-5-6-11-27-19(30)14-9-7-8-10-15(14)28-20(27)24-25-21(28)32-13-17(29)23-18-12-16(26-31-18)22(2,3)4/h7-10,12H,5-6,11,13H2,1-4H3,(H,23,29). The third-order valence-electron chi connectivity index (χ3n) is 5.09. The van der Waals surface area contributed by atoms with Gasteiger partial charge in [-0.05, 0) is 18.6 Å². The van der Waals surface area contributed by atoms with E-state index in [4.69, 9.17) is 4.52 Å². The van der Waals surface area contributed by atoms with E-state index < -0.39 is 0 Å². The minimum Gasteiger partial charge on any atom is -0.338 e. The van der Waals surface area contributed by atoms with Crippen LogP contribution in [0.3, 0.4) is 0 Å². The van der Waals surface area contributed by atoms with E-state index in [2.05, 4.69) is 27.6 Å². The van der Waals surface area contributed by atoms with Crippen molar-refractivity contribution in [3.05, 3.63) is 46.4 Å². The predicted molar refractivity (Wildman–Crippen MR) is 124 cm³/mol. The van der Waals surface area contributed by atoms with Crippen molar-refractivity contribution in [2.24, 2.45) is 0 Å². The molecular weight excluding hydrogens is 428 g/mol. The van der Waals surface area contributed by atoms with Crippen molar-refractivity contribution in [2.75, 3.05) is 11.1 Å². The van der Waals surface area contributed by atoms with E-state index in [0.29, 0.717) is 28.7 Å². The first-order valence-corrected chi connectivity index (χ1v) is 11.5. The minimum absolute atomic E-state index is 0.0804. The van der Waals surface area contributed by atoms with Crippen LogP contribution in [0.4, 0.5) is 5.88 Å². The molecule has 32 heavy (non-hydrogen) atoms. The van der Waals surface area contributed by atoms with Gasteiger partial charge in [0, 0.05) is 18.0 Å². The maximum atomic E-state index is 13.0. The summed E-state index contributed by atoms with van der Waals surface area (Å²) in [5.41, 5.74) is 1.23. The second-order valence-electron chi connectivity index (χ2n) is 8.61. The minimum atomic E-state index is -0.244. The lowest BCUT2D eigenvalue weighted by Crippen LogP contribution is -2.23. The fraction of sp³-hybridized carbons (Fsp3) is 0.409. The number of thioether (sulfide) groups is 1. The number of fused-ring (bicyclic) bond motifs is 3. The van der Waals surface area contributed by atoms with Crippen molar-refractivity contribution >= 4 is 40.2 Å². The highest BCUT2D eigenvalue weighted by molar-refractivity contribution is 7.99. The van der Waals surface area contributed by atoms with E-state index >= 15 is 0 Å². The van der Waals surface area contributed by atoms with Crippen molar-refractivity contribution < 1.29 is 9.32 Å². The van der Waals surface area contributed by atoms with Crippen LogP contribution in [-0.4, -0.2) is 36.0 Å². The molecule has 0 radical (unpaired) electrons. The maximum Gasteiger partial charge on any atom is 0.262 e. The van der Waals surface area contributed by atoms with Crippen molar-refractivity contribution in [1.82, 2.24) is 24.3 Å². The van der Waals surface area contributed by atoms with Crippen LogP contribution in [-0.2, 0) is 16.8 Å². The molecular formula is C22H26N6O3S. The van der Waals surface area contributed by atoms with Gasteiger partial charge in [0.2, 0.25) is 17.6 Å². The molecule has 0 spiro atoms. The van der Waals surface area contributed by atoms with E-state index in [1.54, 1.807) is 16.7 Å². The van der Waals surface area contributed by atoms with Crippen LogP contribution in [0.15, 0.2) is 44.8 Å². The van der Waals surface area contributed by atoms with Crippen LogP contribution in [0.1, 0.15) is 46.2 Å². The predicted octanol–water partition coefficient (Wildman–Crippen LogP) is 3.86. The molecule has 168 valence electrons. The Morgan fingerprint density at radius 2 is 2.00 bits per heavy atom. The summed E-state index contributed by atoms with van der Waals surface area (Å²) in [6, 6.07) is 9.11. The van der Waals surface area contributed by atoms with Crippen LogP contribution < -0.4 is 10.9 Å². The first-order valence-electron chi connectivity index (χ1n) is 10.6. The Kier molecular flexibility index (Phi) is 6.05. The van der Waals surface area contributed by atoms with Gasteiger partial charge >= 0.3 is 0 Å². The normalized spacial score (nSPS) is 12.0. The summed E-state index contributed by atoms with van der Waals surface area (Å²) >= 11 is 1.25. The molecule has 4 aromatic rings. The molecule has 1 amide bonds. The Morgan fingerprint density at radius 3 is 2.72 bits per heavy atom. The number of nitrogens with one attached hydrogen (secondary N) is 1. The molecule has 0 saturated carbocycles. The fourth-order valence-electron chi connectivity index (χ4n) is 3.34. The molecule has 0 atom stereocenters. The summed E-state index contributed by atoms with van der Waals surface area (Å²) in [5, 5.41) is 16.4. The van der Waals surface area contributed by atoms with Crippen LogP contribution in [0.2, 0.25) is 0 Å². The van der Waals surface area contributed by atoms with Gasteiger partial charge < -0.3 is 4.52 Å². The number of benzene rings is 1. The highest BCUT2D eigenvalue weighted by Gasteiger charge is 2.21. The first kappa shape index (κ1) is 22.1. The zero-order valence-corrected chi connectivity index (χ0v) is 19.4. The summed E-state index contributed by atoms with van der Waals surface area (Å²) < 4.78 is 8.73. The number of para-hydroxylation sites is 1. The molecule has 0 aliphatic rings. The van der Waals surface area contributed by atoms with Crippen molar-refractivity contribution in [1.29, 1.82) is 0 Å². The number of aryl methyl sites for hydroxylation is 1. The summed E-state index contributed by atoms with van der Waals surface area (Å²) in [4.78, 5) is 25.5. The average Bonchev–Trinajstić information content (AvgIpc) is 3.39. The fourth-order valence-corrected chi connectivity index (χ4v) is 4.08. The van der Waals surface area contributed by atoms with Gasteiger partial charge in [0.15, 0.2) is 5.16 Å². The summed E-state index contributed by atoms with van der Waals surface area (Å²) in [7, 11) is 0. The highest BCUT2D eigenvalue weighted by atomic mass is 32.2. The first-order chi connectivity index (χ1) is 15.3. The summed E-state index contributed by atoms with van der Waals surface area (Å²) in [6.07, 6.45) is 1.82. The number of rotatable bonds is 7. The molecule has 0 unspecified atom stereocenters. The summed E-state index contributed by atoms with van der Waals surface area (Å²) in [5.74, 6) is 0.655. The average molecular weight is 455 g/mol. The smallest absolute Gasteiger partial charge is 0.262 e. The molecule has 1 N–H and O–H groups in total. The number of carbonyl (C=O) groups excluding carboxylic acids is 1. The van der Waals surface area contributed by atoms with Gasteiger partial charge in [-0.1, -0.05) is 63.2 Å². The Labute approximate surface area is 189 Å². The topological polar surface area (TPSA) is 107 Å². The second kappa shape index (κ2) is 8.78. The SMILES string of the molecule is CCCCn1c(=O)c2ccccc2n2c(SCC(=O)Nc3cc(C(C)(C)C)no3)nnc12. The molecule has 0 saturated heterocycles. The summed E-state index contributed by atoms with van der Waals surface area (Å²) in [6.45, 7) is 8.70. The molecule has 1 aromatic carbocycles. The third-order valence-corrected chi connectivity index (χ3v) is 6.02. The quantitative estimate of drug-likeness (QED) is 0.423. The molecule has 9 nitrogen and oxygen atoms in total.